The number of hydrogen-bond acceptors (Lipinski definition) is 6. The number of thioether (sulfide) groups is 1. The smallest absolute Gasteiger partial charge is 0.305 e. The van der Waals surface area contributed by atoms with Crippen LogP contribution in [-0.4, -0.2) is 34.1 Å². The fraction of sp³-hybridized carbons (Fsp3) is 0.200. The second kappa shape index (κ2) is 10.8. The predicted molar refractivity (Wildman–Crippen MR) is 133 cm³/mol. The third-order valence-electron chi connectivity index (χ3n) is 5.13. The van der Waals surface area contributed by atoms with E-state index in [1.165, 1.54) is 0 Å². The van der Waals surface area contributed by atoms with Gasteiger partial charge in [0, 0.05) is 23.6 Å². The summed E-state index contributed by atoms with van der Waals surface area (Å²) < 4.78 is 3.24. The molecule has 8 heteroatoms. The van der Waals surface area contributed by atoms with Crippen LogP contribution in [0, 0.1) is 0 Å². The first-order valence-electron chi connectivity index (χ1n) is 10.6. The molecule has 170 valence electrons. The number of rotatable bonds is 9. The number of fused-ring (bicyclic) bond motifs is 2. The van der Waals surface area contributed by atoms with Crippen molar-refractivity contribution in [3.8, 4) is 0 Å². The number of hydrogen-bond donors (Lipinski definition) is 3. The van der Waals surface area contributed by atoms with Gasteiger partial charge in [0.15, 0.2) is 12.8 Å². The monoisotopic (exact) mass is 481 g/mol. The van der Waals surface area contributed by atoms with Crippen molar-refractivity contribution in [2.75, 3.05) is 11.4 Å². The quantitative estimate of drug-likeness (QED) is 0.239. The molecule has 0 saturated heterocycles. The Morgan fingerprint density at radius 2 is 1.85 bits per heavy atom. The van der Waals surface area contributed by atoms with Gasteiger partial charge in [-0.2, -0.15) is 4.57 Å². The third-order valence-corrected chi connectivity index (χ3v) is 7.39. The first-order chi connectivity index (χ1) is 16.0. The molecule has 0 bridgehead atoms. The number of anilines is 1. The molecule has 2 aromatic carbocycles. The van der Waals surface area contributed by atoms with Gasteiger partial charge in [-0.3, -0.25) is 4.79 Å². The minimum atomic E-state index is -1.34. The molecule has 4 rings (SSSR count). The van der Waals surface area contributed by atoms with Crippen LogP contribution in [0.5, 0.6) is 0 Å². The van der Waals surface area contributed by atoms with Gasteiger partial charge in [0.25, 0.3) is 5.01 Å². The Bertz CT molecular complexity index is 1230. The molecule has 0 amide bonds. The molecule has 0 unspecified atom stereocenters. The molecule has 1 aromatic heterocycles. The summed E-state index contributed by atoms with van der Waals surface area (Å²) in [4.78, 5) is 14.2. The van der Waals surface area contributed by atoms with Crippen LogP contribution in [0.2, 0.25) is 0 Å². The minimum absolute atomic E-state index is 0.0737. The number of allylic oxidation sites excluding steroid dienone is 4. The molecule has 1 aliphatic heterocycles. The molecule has 0 fully saturated rings. The molecule has 0 saturated carbocycles. The number of benzene rings is 2. The van der Waals surface area contributed by atoms with Crippen LogP contribution in [-0.2, 0) is 11.3 Å². The minimum Gasteiger partial charge on any atom is -0.481 e. The lowest BCUT2D eigenvalue weighted by Gasteiger charge is -2.19. The van der Waals surface area contributed by atoms with Gasteiger partial charge in [-0.15, -0.1) is 0 Å². The van der Waals surface area contributed by atoms with Crippen LogP contribution < -0.4 is 9.47 Å². The Morgan fingerprint density at radius 3 is 2.67 bits per heavy atom. The number of carboxylic acid groups (broad SMARTS) is 1. The van der Waals surface area contributed by atoms with E-state index >= 15 is 0 Å². The van der Waals surface area contributed by atoms with Crippen molar-refractivity contribution in [2.24, 2.45) is 0 Å². The normalized spacial score (nSPS) is 15.0. The summed E-state index contributed by atoms with van der Waals surface area (Å²) in [6.07, 6.45) is 8.87. The number of carbonyl (C=O) groups is 1. The van der Waals surface area contributed by atoms with E-state index in [4.69, 9.17) is 5.11 Å². The third kappa shape index (κ3) is 5.72. The van der Waals surface area contributed by atoms with Crippen molar-refractivity contribution < 1.29 is 24.7 Å². The Balaban J connectivity index is 1.51. The number of carboxylic acids is 1. The predicted octanol–water partition coefficient (Wildman–Crippen LogP) is 4.39. The van der Waals surface area contributed by atoms with Crippen molar-refractivity contribution >= 4 is 51.0 Å². The maximum atomic E-state index is 11.1. The number of thiazole rings is 1. The summed E-state index contributed by atoms with van der Waals surface area (Å²) in [5.41, 5.74) is 2.11. The Morgan fingerprint density at radius 1 is 1.06 bits per heavy atom. The van der Waals surface area contributed by atoms with Gasteiger partial charge in [-0.1, -0.05) is 65.6 Å². The first-order valence-corrected chi connectivity index (χ1v) is 12.2. The van der Waals surface area contributed by atoms with Crippen molar-refractivity contribution in [2.45, 2.75) is 30.6 Å². The second-order valence-corrected chi connectivity index (χ2v) is 9.57. The summed E-state index contributed by atoms with van der Waals surface area (Å²) in [7, 11) is 0. The van der Waals surface area contributed by atoms with Crippen molar-refractivity contribution in [1.82, 2.24) is 0 Å². The summed E-state index contributed by atoms with van der Waals surface area (Å²) in [5, 5.41) is 29.7. The van der Waals surface area contributed by atoms with Crippen molar-refractivity contribution in [1.29, 1.82) is 0 Å². The molecule has 0 atom stereocenters. The van der Waals surface area contributed by atoms with E-state index in [1.54, 1.807) is 23.1 Å². The highest BCUT2D eigenvalue weighted by Crippen LogP contribution is 2.45. The molecule has 33 heavy (non-hydrogen) atoms. The molecule has 6 nitrogen and oxygen atoms in total. The van der Waals surface area contributed by atoms with E-state index in [2.05, 4.69) is 10.6 Å². The summed E-state index contributed by atoms with van der Waals surface area (Å²) in [6.45, 7) is 0.940. The molecular formula is C25H25N2O4S2+. The average Bonchev–Trinajstić information content (AvgIpc) is 3.33. The lowest BCUT2D eigenvalue weighted by molar-refractivity contribution is -0.671. The van der Waals surface area contributed by atoms with Crippen LogP contribution in [0.25, 0.3) is 16.3 Å². The van der Waals surface area contributed by atoms with E-state index in [-0.39, 0.29) is 12.8 Å². The fourth-order valence-corrected chi connectivity index (χ4v) is 5.81. The van der Waals surface area contributed by atoms with Gasteiger partial charge in [0.05, 0.1) is 23.6 Å². The molecule has 0 radical (unpaired) electrons. The Hall–Kier alpha value is -2.91. The largest absolute Gasteiger partial charge is 0.481 e. The van der Waals surface area contributed by atoms with Crippen molar-refractivity contribution in [3.63, 3.8) is 0 Å². The van der Waals surface area contributed by atoms with Gasteiger partial charge < -0.3 is 20.2 Å². The van der Waals surface area contributed by atoms with Gasteiger partial charge in [0.2, 0.25) is 5.52 Å². The topological polar surface area (TPSA) is 84.9 Å². The number of nitrogens with zero attached hydrogens (tertiary/aromatic N) is 2. The summed E-state index contributed by atoms with van der Waals surface area (Å²) in [5.74, 6) is -0.812. The highest BCUT2D eigenvalue weighted by atomic mass is 32.2. The maximum absolute atomic E-state index is 11.1. The van der Waals surface area contributed by atoms with E-state index in [0.717, 1.165) is 30.8 Å². The molecule has 2 heterocycles. The molecule has 3 N–H and O–H groups in total. The zero-order chi connectivity index (χ0) is 23.2. The van der Waals surface area contributed by atoms with Crippen LogP contribution in [0.1, 0.15) is 17.8 Å². The van der Waals surface area contributed by atoms with E-state index < -0.39 is 12.3 Å². The molecule has 0 aliphatic carbocycles. The van der Waals surface area contributed by atoms with Crippen molar-refractivity contribution in [3.05, 3.63) is 82.9 Å². The standard InChI is InChI=1S/C25H24N2O4S2/c28-24(29)14-16-26-18-8-4-6-10-20(18)32-22(26)12-2-1-3-13-23-27(17-15-25(30)31)19-9-5-7-11-21(19)33-23/h1-13,24,28-29H,14-17H2/p+1. The summed E-state index contributed by atoms with van der Waals surface area (Å²) in [6, 6.07) is 16.1. The number of aromatic nitrogens is 1. The number of aliphatic hydroxyl groups is 2. The lowest BCUT2D eigenvalue weighted by Crippen LogP contribution is -2.36. The lowest BCUT2D eigenvalue weighted by atomic mass is 10.2. The van der Waals surface area contributed by atoms with Crippen LogP contribution in [0.15, 0.2) is 82.8 Å². The fourth-order valence-electron chi connectivity index (χ4n) is 3.61. The van der Waals surface area contributed by atoms with Gasteiger partial charge in [0.1, 0.15) is 4.70 Å². The van der Waals surface area contributed by atoms with E-state index in [9.17, 15) is 15.0 Å². The highest BCUT2D eigenvalue weighted by molar-refractivity contribution is 8.03. The zero-order valence-electron chi connectivity index (χ0n) is 17.9. The Labute approximate surface area is 200 Å². The van der Waals surface area contributed by atoms with Gasteiger partial charge >= 0.3 is 5.97 Å². The van der Waals surface area contributed by atoms with Gasteiger partial charge in [-0.05, 0) is 24.3 Å². The maximum Gasteiger partial charge on any atom is 0.305 e. The zero-order valence-corrected chi connectivity index (χ0v) is 19.5. The molecular weight excluding hydrogens is 456 g/mol. The summed E-state index contributed by atoms with van der Waals surface area (Å²) >= 11 is 3.29. The number of aliphatic hydroxyl groups excluding tert-OH is 1. The van der Waals surface area contributed by atoms with Crippen LogP contribution in [0.3, 0.4) is 0 Å². The first kappa shape index (κ1) is 23.3. The second-order valence-electron chi connectivity index (χ2n) is 7.44. The van der Waals surface area contributed by atoms with Crippen LogP contribution in [0.4, 0.5) is 5.69 Å². The van der Waals surface area contributed by atoms with Gasteiger partial charge in [-0.25, -0.2) is 0 Å². The molecule has 3 aromatic rings. The highest BCUT2D eigenvalue weighted by Gasteiger charge is 2.24. The average molecular weight is 482 g/mol. The molecule has 0 spiro atoms. The number of aliphatic carboxylic acids is 1. The van der Waals surface area contributed by atoms with Crippen LogP contribution >= 0.6 is 23.1 Å². The number of aryl methyl sites for hydroxylation is 1. The van der Waals surface area contributed by atoms with E-state index in [1.807, 2.05) is 77.7 Å². The number of para-hydroxylation sites is 2. The molecule has 1 aliphatic rings. The Kier molecular flexibility index (Phi) is 7.61. The SMILES string of the molecule is O=C(O)CCN1/C(=C/C=C/C=C/c2sc3ccccc3[n+]2CCC(O)O)Sc2ccccc21. The van der Waals surface area contributed by atoms with E-state index in [0.29, 0.717) is 13.1 Å².